The standard InChI is InChI=1S/C15H20O3.C14H18O3.2C2H6/c1-4-14(16)17-10-11-18-15(12(2)3)13-8-6-5-7-9-13;1-11(2)14(15)17-10-9-16-12(3)13-7-5-4-6-8-13;2*1-2/h4-9,12,15H,1,10-11H2,2-3H3;4-8,12H,1,9-10H2,2-3H3;2*1-2H3. The van der Waals surface area contributed by atoms with Crippen LogP contribution >= 0.6 is 0 Å². The zero-order chi connectivity index (χ0) is 30.1. The van der Waals surface area contributed by atoms with Crippen LogP contribution in [0.5, 0.6) is 0 Å². The molecule has 0 heterocycles. The van der Waals surface area contributed by atoms with E-state index < -0.39 is 5.97 Å². The first-order chi connectivity index (χ1) is 18.8. The zero-order valence-corrected chi connectivity index (χ0v) is 25.3. The Kier molecular flexibility index (Phi) is 24.4. The number of benzene rings is 2. The number of hydrogen-bond donors (Lipinski definition) is 0. The summed E-state index contributed by atoms with van der Waals surface area (Å²) in [5.41, 5.74) is 2.65. The van der Waals surface area contributed by atoms with Crippen LogP contribution in [-0.4, -0.2) is 38.4 Å². The summed E-state index contributed by atoms with van der Waals surface area (Å²) in [4.78, 5) is 21.9. The van der Waals surface area contributed by atoms with E-state index in [0.717, 1.165) is 17.2 Å². The second kappa shape index (κ2) is 25.1. The van der Waals surface area contributed by atoms with Gasteiger partial charge in [0.05, 0.1) is 25.4 Å². The third-order valence-corrected chi connectivity index (χ3v) is 4.83. The largest absolute Gasteiger partial charge is 0.460 e. The number of carbonyl (C=O) groups excluding carboxylic acids is 2. The van der Waals surface area contributed by atoms with E-state index in [4.69, 9.17) is 18.9 Å². The second-order valence-electron chi connectivity index (χ2n) is 8.16. The van der Waals surface area contributed by atoms with Gasteiger partial charge in [0.2, 0.25) is 0 Å². The second-order valence-corrected chi connectivity index (χ2v) is 8.16. The number of rotatable bonds is 13. The van der Waals surface area contributed by atoms with E-state index in [1.54, 1.807) is 6.92 Å². The Morgan fingerprint density at radius 2 is 1.21 bits per heavy atom. The van der Waals surface area contributed by atoms with Gasteiger partial charge in [-0.2, -0.15) is 0 Å². The summed E-state index contributed by atoms with van der Waals surface area (Å²) in [6, 6.07) is 20.0. The predicted molar refractivity (Wildman–Crippen MR) is 160 cm³/mol. The number of carbonyl (C=O) groups is 2. The van der Waals surface area contributed by atoms with E-state index in [1.807, 2.05) is 95.3 Å². The van der Waals surface area contributed by atoms with Crippen molar-refractivity contribution in [2.75, 3.05) is 26.4 Å². The molecule has 0 saturated heterocycles. The van der Waals surface area contributed by atoms with Crippen LogP contribution in [0, 0.1) is 5.92 Å². The van der Waals surface area contributed by atoms with Crippen LogP contribution in [0.4, 0.5) is 0 Å². The van der Waals surface area contributed by atoms with Crippen LogP contribution < -0.4 is 0 Å². The molecule has 218 valence electrons. The molecule has 0 aliphatic heterocycles. The van der Waals surface area contributed by atoms with Gasteiger partial charge in [0.1, 0.15) is 13.2 Å². The molecular formula is C33H50O6. The summed E-state index contributed by atoms with van der Waals surface area (Å²) < 4.78 is 21.1. The Hall–Kier alpha value is -3.22. The topological polar surface area (TPSA) is 71.1 Å². The van der Waals surface area contributed by atoms with Crippen molar-refractivity contribution in [1.29, 1.82) is 0 Å². The molecule has 0 bridgehead atoms. The number of ether oxygens (including phenoxy) is 4. The van der Waals surface area contributed by atoms with Gasteiger partial charge in [-0.05, 0) is 30.9 Å². The zero-order valence-electron chi connectivity index (χ0n) is 25.3. The Morgan fingerprint density at radius 3 is 1.67 bits per heavy atom. The van der Waals surface area contributed by atoms with E-state index in [1.165, 1.54) is 0 Å². The van der Waals surface area contributed by atoms with Gasteiger partial charge >= 0.3 is 11.9 Å². The van der Waals surface area contributed by atoms with Gasteiger partial charge < -0.3 is 18.9 Å². The minimum absolute atomic E-state index is 0.000250. The lowest BCUT2D eigenvalue weighted by molar-refractivity contribution is -0.141. The normalized spacial score (nSPS) is 11.1. The van der Waals surface area contributed by atoms with E-state index in [-0.39, 0.29) is 31.4 Å². The van der Waals surface area contributed by atoms with Gasteiger partial charge in [0, 0.05) is 11.6 Å². The molecular weight excluding hydrogens is 492 g/mol. The molecule has 0 saturated carbocycles. The van der Waals surface area contributed by atoms with Crippen molar-refractivity contribution in [1.82, 2.24) is 0 Å². The third-order valence-electron chi connectivity index (χ3n) is 4.83. The van der Waals surface area contributed by atoms with Gasteiger partial charge in [0.15, 0.2) is 0 Å². The molecule has 0 aliphatic rings. The highest BCUT2D eigenvalue weighted by atomic mass is 16.6. The van der Waals surface area contributed by atoms with Crippen molar-refractivity contribution < 1.29 is 28.5 Å². The van der Waals surface area contributed by atoms with Crippen molar-refractivity contribution in [2.24, 2.45) is 5.92 Å². The first-order valence-electron chi connectivity index (χ1n) is 13.7. The van der Waals surface area contributed by atoms with Crippen LogP contribution in [-0.2, 0) is 28.5 Å². The van der Waals surface area contributed by atoms with Crippen LogP contribution in [0.25, 0.3) is 0 Å². The SMILES string of the molecule is C=C(C)C(=O)OCCOC(C)c1ccccc1.C=CC(=O)OCCOC(c1ccccc1)C(C)C.CC.CC. The number of hydrogen-bond acceptors (Lipinski definition) is 6. The highest BCUT2D eigenvalue weighted by Gasteiger charge is 2.16. The average Bonchev–Trinajstić information content (AvgIpc) is 2.98. The lowest BCUT2D eigenvalue weighted by atomic mass is 9.99. The summed E-state index contributed by atoms with van der Waals surface area (Å²) in [5, 5.41) is 0. The Morgan fingerprint density at radius 1 is 0.744 bits per heavy atom. The molecule has 0 amide bonds. The average molecular weight is 543 g/mol. The molecule has 0 aromatic heterocycles. The first-order valence-corrected chi connectivity index (χ1v) is 13.7. The molecule has 2 unspecified atom stereocenters. The Labute approximate surface area is 237 Å². The van der Waals surface area contributed by atoms with Crippen LogP contribution in [0.1, 0.15) is 78.7 Å². The molecule has 39 heavy (non-hydrogen) atoms. The summed E-state index contributed by atoms with van der Waals surface area (Å²) in [6.07, 6.45) is 1.17. The highest BCUT2D eigenvalue weighted by Crippen LogP contribution is 2.25. The Bertz CT molecular complexity index is 893. The molecule has 0 spiro atoms. The van der Waals surface area contributed by atoms with Crippen molar-refractivity contribution in [2.45, 2.75) is 67.6 Å². The summed E-state index contributed by atoms with van der Waals surface area (Å²) in [7, 11) is 0. The maximum Gasteiger partial charge on any atom is 0.333 e. The van der Waals surface area contributed by atoms with E-state index >= 15 is 0 Å². The fourth-order valence-electron chi connectivity index (χ4n) is 3.00. The quantitative estimate of drug-likeness (QED) is 0.145. The molecule has 2 atom stereocenters. The molecule has 2 aromatic carbocycles. The summed E-state index contributed by atoms with van der Waals surface area (Å²) >= 11 is 0. The maximum atomic E-state index is 11.1. The molecule has 0 aliphatic carbocycles. The maximum absolute atomic E-state index is 11.1. The third kappa shape index (κ3) is 18.6. The molecule has 6 nitrogen and oxygen atoms in total. The highest BCUT2D eigenvalue weighted by molar-refractivity contribution is 5.86. The van der Waals surface area contributed by atoms with Gasteiger partial charge in [-0.15, -0.1) is 0 Å². The number of esters is 2. The van der Waals surface area contributed by atoms with Crippen molar-refractivity contribution >= 4 is 11.9 Å². The van der Waals surface area contributed by atoms with E-state index in [2.05, 4.69) is 27.0 Å². The van der Waals surface area contributed by atoms with E-state index in [9.17, 15) is 9.59 Å². The van der Waals surface area contributed by atoms with Crippen molar-refractivity contribution in [3.05, 3.63) is 96.6 Å². The van der Waals surface area contributed by atoms with Gasteiger partial charge in [-0.1, -0.05) is 115 Å². The Balaban J connectivity index is 0. The lowest BCUT2D eigenvalue weighted by Gasteiger charge is -2.21. The summed E-state index contributed by atoms with van der Waals surface area (Å²) in [5.74, 6) is -0.428. The lowest BCUT2D eigenvalue weighted by Crippen LogP contribution is -2.15. The minimum atomic E-state index is -0.417. The first kappa shape index (κ1) is 37.9. The summed E-state index contributed by atoms with van der Waals surface area (Å²) in [6.45, 7) is 23.9. The molecule has 2 rings (SSSR count). The molecule has 6 heteroatoms. The molecule has 2 aromatic rings. The van der Waals surface area contributed by atoms with Crippen molar-refractivity contribution in [3.63, 3.8) is 0 Å². The van der Waals surface area contributed by atoms with Crippen LogP contribution in [0.3, 0.4) is 0 Å². The fourth-order valence-corrected chi connectivity index (χ4v) is 3.00. The minimum Gasteiger partial charge on any atom is -0.460 e. The molecule has 0 N–H and O–H groups in total. The molecule has 0 radical (unpaired) electrons. The fraction of sp³-hybridized carbons (Fsp3) is 0.455. The van der Waals surface area contributed by atoms with Gasteiger partial charge in [0.25, 0.3) is 0 Å². The van der Waals surface area contributed by atoms with Crippen LogP contribution in [0.15, 0.2) is 85.5 Å². The van der Waals surface area contributed by atoms with Crippen LogP contribution in [0.2, 0.25) is 0 Å². The van der Waals surface area contributed by atoms with Crippen molar-refractivity contribution in [3.8, 4) is 0 Å². The van der Waals surface area contributed by atoms with E-state index in [0.29, 0.717) is 24.7 Å². The monoisotopic (exact) mass is 542 g/mol. The smallest absolute Gasteiger partial charge is 0.333 e. The predicted octanol–water partition coefficient (Wildman–Crippen LogP) is 8.07. The van der Waals surface area contributed by atoms with Gasteiger partial charge in [-0.25, -0.2) is 9.59 Å². The molecule has 0 fully saturated rings. The van der Waals surface area contributed by atoms with Gasteiger partial charge in [-0.3, -0.25) is 0 Å².